The third-order valence-corrected chi connectivity index (χ3v) is 5.88. The van der Waals surface area contributed by atoms with Gasteiger partial charge in [-0.1, -0.05) is 31.9 Å². The first-order valence-corrected chi connectivity index (χ1v) is 9.18. The van der Waals surface area contributed by atoms with Crippen molar-refractivity contribution in [2.75, 3.05) is 6.54 Å². The maximum atomic E-state index is 12.9. The minimum atomic E-state index is -0.856. The number of esters is 1. The van der Waals surface area contributed by atoms with Crippen LogP contribution < -0.4 is 10.1 Å². The molecule has 1 saturated carbocycles. The van der Waals surface area contributed by atoms with Crippen molar-refractivity contribution in [3.8, 4) is 5.75 Å². The second kappa shape index (κ2) is 6.74. The van der Waals surface area contributed by atoms with Crippen LogP contribution in [0, 0.1) is 26.7 Å². The molecule has 1 aromatic rings. The van der Waals surface area contributed by atoms with Gasteiger partial charge in [-0.2, -0.15) is 0 Å². The molecule has 140 valence electrons. The van der Waals surface area contributed by atoms with E-state index >= 15 is 0 Å². The number of carbonyl (C=O) groups is 3. The van der Waals surface area contributed by atoms with Crippen molar-refractivity contribution in [1.29, 1.82) is 0 Å². The SMILES string of the molecule is Cc1ccc(C)c(OC(=O)CN2C(=O)NC3(CCCCC3C)C2=O)c1C. The van der Waals surface area contributed by atoms with Gasteiger partial charge in [0.1, 0.15) is 17.8 Å². The lowest BCUT2D eigenvalue weighted by Gasteiger charge is -2.36. The molecule has 1 spiro atoms. The van der Waals surface area contributed by atoms with Gasteiger partial charge < -0.3 is 10.1 Å². The summed E-state index contributed by atoms with van der Waals surface area (Å²) in [7, 11) is 0. The van der Waals surface area contributed by atoms with Crippen molar-refractivity contribution in [3.05, 3.63) is 28.8 Å². The summed E-state index contributed by atoms with van der Waals surface area (Å²) in [6.07, 6.45) is 3.47. The Kier molecular flexibility index (Phi) is 4.78. The van der Waals surface area contributed by atoms with Crippen LogP contribution in [0.25, 0.3) is 0 Å². The third kappa shape index (κ3) is 2.97. The van der Waals surface area contributed by atoms with E-state index in [0.717, 1.165) is 40.9 Å². The highest BCUT2D eigenvalue weighted by molar-refractivity contribution is 6.09. The number of nitrogens with one attached hydrogen (secondary N) is 1. The van der Waals surface area contributed by atoms with Crippen LogP contribution in [0.15, 0.2) is 12.1 Å². The number of hydrogen-bond acceptors (Lipinski definition) is 4. The number of amides is 3. The number of hydrogen-bond donors (Lipinski definition) is 1. The normalized spacial score (nSPS) is 25.5. The Balaban J connectivity index is 1.75. The third-order valence-electron chi connectivity index (χ3n) is 5.88. The van der Waals surface area contributed by atoms with E-state index in [1.165, 1.54) is 0 Å². The van der Waals surface area contributed by atoms with Gasteiger partial charge in [0.15, 0.2) is 0 Å². The van der Waals surface area contributed by atoms with E-state index in [9.17, 15) is 14.4 Å². The summed E-state index contributed by atoms with van der Waals surface area (Å²) < 4.78 is 5.51. The standard InChI is InChI=1S/C20H26N2O4/c1-12-8-9-13(2)17(15(12)4)26-16(23)11-22-18(24)20(21-19(22)25)10-6-5-7-14(20)3/h8-9,14H,5-7,10-11H2,1-4H3,(H,21,25). The molecule has 0 bridgehead atoms. The summed E-state index contributed by atoms with van der Waals surface area (Å²) in [5, 5.41) is 2.85. The second-order valence-corrected chi connectivity index (χ2v) is 7.57. The molecule has 2 fully saturated rings. The van der Waals surface area contributed by atoms with Crippen molar-refractivity contribution < 1.29 is 19.1 Å². The number of benzene rings is 1. The zero-order valence-corrected chi connectivity index (χ0v) is 15.8. The van der Waals surface area contributed by atoms with Gasteiger partial charge in [-0.15, -0.1) is 0 Å². The largest absolute Gasteiger partial charge is 0.425 e. The summed E-state index contributed by atoms with van der Waals surface area (Å²) in [6, 6.07) is 3.35. The summed E-state index contributed by atoms with van der Waals surface area (Å²) in [5.74, 6) is -0.340. The smallest absolute Gasteiger partial charge is 0.331 e. The highest BCUT2D eigenvalue weighted by atomic mass is 16.5. The Morgan fingerprint density at radius 2 is 1.92 bits per heavy atom. The van der Waals surface area contributed by atoms with Gasteiger partial charge in [-0.05, 0) is 56.2 Å². The molecule has 2 aliphatic rings. The molecule has 0 radical (unpaired) electrons. The molecule has 26 heavy (non-hydrogen) atoms. The first-order valence-electron chi connectivity index (χ1n) is 9.18. The molecule has 6 heteroatoms. The Labute approximate surface area is 153 Å². The molecule has 1 aliphatic heterocycles. The van der Waals surface area contributed by atoms with Crippen LogP contribution in [0.5, 0.6) is 5.75 Å². The van der Waals surface area contributed by atoms with Crippen LogP contribution in [-0.4, -0.2) is 34.9 Å². The molecular weight excluding hydrogens is 332 g/mol. The number of aryl methyl sites for hydroxylation is 2. The molecule has 1 heterocycles. The van der Waals surface area contributed by atoms with Gasteiger partial charge in [0.05, 0.1) is 0 Å². The lowest BCUT2D eigenvalue weighted by molar-refractivity contribution is -0.142. The molecule has 1 aromatic carbocycles. The zero-order chi connectivity index (χ0) is 19.1. The fraction of sp³-hybridized carbons (Fsp3) is 0.550. The number of rotatable bonds is 3. The van der Waals surface area contributed by atoms with E-state index in [-0.39, 0.29) is 18.4 Å². The van der Waals surface area contributed by atoms with E-state index in [1.807, 2.05) is 39.8 Å². The Bertz CT molecular complexity index is 773. The van der Waals surface area contributed by atoms with Crippen LogP contribution in [0.3, 0.4) is 0 Å². The maximum absolute atomic E-state index is 12.9. The predicted octanol–water partition coefficient (Wildman–Crippen LogP) is 3.02. The van der Waals surface area contributed by atoms with Gasteiger partial charge in [-0.3, -0.25) is 9.69 Å². The second-order valence-electron chi connectivity index (χ2n) is 7.57. The fourth-order valence-corrected chi connectivity index (χ4v) is 4.00. The average molecular weight is 358 g/mol. The van der Waals surface area contributed by atoms with Gasteiger partial charge in [0, 0.05) is 0 Å². The minimum Gasteiger partial charge on any atom is -0.425 e. The summed E-state index contributed by atoms with van der Waals surface area (Å²) >= 11 is 0. The molecule has 2 atom stereocenters. The lowest BCUT2D eigenvalue weighted by Crippen LogP contribution is -2.54. The predicted molar refractivity (Wildman–Crippen MR) is 96.9 cm³/mol. The van der Waals surface area contributed by atoms with Crippen LogP contribution in [0.4, 0.5) is 4.79 Å². The molecule has 0 aromatic heterocycles. The molecule has 3 rings (SSSR count). The summed E-state index contributed by atoms with van der Waals surface area (Å²) in [6.45, 7) is 7.31. The molecule has 1 N–H and O–H groups in total. The first kappa shape index (κ1) is 18.4. The molecular formula is C20H26N2O4. The van der Waals surface area contributed by atoms with Crippen LogP contribution in [0.1, 0.15) is 49.3 Å². The lowest BCUT2D eigenvalue weighted by atomic mass is 9.73. The van der Waals surface area contributed by atoms with Crippen molar-refractivity contribution in [2.24, 2.45) is 5.92 Å². The molecule has 3 amide bonds. The Hall–Kier alpha value is -2.37. The van der Waals surface area contributed by atoms with E-state index in [4.69, 9.17) is 4.74 Å². The number of nitrogens with zero attached hydrogens (tertiary/aromatic N) is 1. The number of urea groups is 1. The first-order chi connectivity index (χ1) is 12.3. The van der Waals surface area contributed by atoms with Crippen LogP contribution >= 0.6 is 0 Å². The van der Waals surface area contributed by atoms with Crippen molar-refractivity contribution >= 4 is 17.9 Å². The Morgan fingerprint density at radius 1 is 1.23 bits per heavy atom. The van der Waals surface area contributed by atoms with E-state index < -0.39 is 17.5 Å². The van der Waals surface area contributed by atoms with Crippen molar-refractivity contribution in [2.45, 2.75) is 58.9 Å². The van der Waals surface area contributed by atoms with Crippen molar-refractivity contribution in [1.82, 2.24) is 10.2 Å². The molecule has 2 unspecified atom stereocenters. The average Bonchev–Trinajstić information content (AvgIpc) is 2.83. The monoisotopic (exact) mass is 358 g/mol. The van der Waals surface area contributed by atoms with Crippen molar-refractivity contribution in [3.63, 3.8) is 0 Å². The quantitative estimate of drug-likeness (QED) is 0.512. The van der Waals surface area contributed by atoms with Gasteiger partial charge in [0.2, 0.25) is 0 Å². The van der Waals surface area contributed by atoms with Gasteiger partial charge >= 0.3 is 12.0 Å². The summed E-state index contributed by atoms with van der Waals surface area (Å²) in [5.41, 5.74) is 1.89. The van der Waals surface area contributed by atoms with E-state index in [0.29, 0.717) is 12.2 Å². The highest BCUT2D eigenvalue weighted by Crippen LogP contribution is 2.38. The number of ether oxygens (including phenoxy) is 1. The fourth-order valence-electron chi connectivity index (χ4n) is 4.00. The maximum Gasteiger partial charge on any atom is 0.331 e. The van der Waals surface area contributed by atoms with Crippen LogP contribution in [-0.2, 0) is 9.59 Å². The summed E-state index contributed by atoms with van der Waals surface area (Å²) in [4.78, 5) is 38.7. The molecule has 1 saturated heterocycles. The van der Waals surface area contributed by atoms with E-state index in [1.54, 1.807) is 0 Å². The minimum absolute atomic E-state index is 0.0648. The molecule has 6 nitrogen and oxygen atoms in total. The van der Waals surface area contributed by atoms with Crippen LogP contribution in [0.2, 0.25) is 0 Å². The highest BCUT2D eigenvalue weighted by Gasteiger charge is 2.55. The Morgan fingerprint density at radius 3 is 2.62 bits per heavy atom. The number of carbonyl (C=O) groups excluding carboxylic acids is 3. The topological polar surface area (TPSA) is 75.7 Å². The zero-order valence-electron chi connectivity index (χ0n) is 15.8. The number of imide groups is 1. The van der Waals surface area contributed by atoms with E-state index in [2.05, 4.69) is 5.32 Å². The van der Waals surface area contributed by atoms with Gasteiger partial charge in [0.25, 0.3) is 5.91 Å². The van der Waals surface area contributed by atoms with Gasteiger partial charge in [-0.25, -0.2) is 9.59 Å². The molecule has 1 aliphatic carbocycles.